The topological polar surface area (TPSA) is 55.2 Å². The van der Waals surface area contributed by atoms with Gasteiger partial charge in [-0.3, -0.25) is 4.79 Å². The Kier molecular flexibility index (Phi) is 3.24. The second-order valence-corrected chi connectivity index (χ2v) is 4.65. The molecule has 20 heavy (non-hydrogen) atoms. The normalized spacial score (nSPS) is 10.9. The van der Waals surface area contributed by atoms with Crippen molar-refractivity contribution in [3.8, 4) is 5.75 Å². The molecular weight excluding hydrogens is 278 g/mol. The van der Waals surface area contributed by atoms with Crippen LogP contribution in [0.3, 0.4) is 0 Å². The smallest absolute Gasteiger partial charge is 0.230 e. The number of rotatable bonds is 4. The number of aromatic amines is 1. The number of fused-ring (bicyclic) bond motifs is 1. The number of ketones is 1. The summed E-state index contributed by atoms with van der Waals surface area (Å²) in [5.74, 6) is 0.737. The summed E-state index contributed by atoms with van der Waals surface area (Å²) in [6.45, 7) is 2.49. The Labute approximate surface area is 120 Å². The van der Waals surface area contributed by atoms with Gasteiger partial charge in [0.2, 0.25) is 5.78 Å². The lowest BCUT2D eigenvalue weighted by molar-refractivity contribution is 0.101. The summed E-state index contributed by atoms with van der Waals surface area (Å²) in [6.07, 6.45) is 1.67. The van der Waals surface area contributed by atoms with Gasteiger partial charge in [-0.05, 0) is 48.9 Å². The Morgan fingerprint density at radius 1 is 1.35 bits per heavy atom. The highest BCUT2D eigenvalue weighted by Gasteiger charge is 2.17. The number of furan rings is 1. The first-order chi connectivity index (χ1) is 9.69. The van der Waals surface area contributed by atoms with E-state index in [-0.39, 0.29) is 16.8 Å². The number of hydrogen-bond donors (Lipinski definition) is 1. The van der Waals surface area contributed by atoms with Crippen LogP contribution in [0.2, 0.25) is 5.22 Å². The van der Waals surface area contributed by atoms with Gasteiger partial charge in [0.25, 0.3) is 0 Å². The van der Waals surface area contributed by atoms with Crippen LogP contribution in [0.4, 0.5) is 0 Å². The lowest BCUT2D eigenvalue weighted by Crippen LogP contribution is -1.98. The lowest BCUT2D eigenvalue weighted by Gasteiger charge is -2.03. The number of nitrogens with one attached hydrogen (secondary N) is 1. The van der Waals surface area contributed by atoms with Gasteiger partial charge in [0.1, 0.15) is 5.75 Å². The molecule has 0 aliphatic carbocycles. The highest BCUT2D eigenvalue weighted by atomic mass is 35.5. The summed E-state index contributed by atoms with van der Waals surface area (Å²) >= 11 is 5.70. The third kappa shape index (κ3) is 2.18. The number of ether oxygens (including phenoxy) is 1. The highest BCUT2D eigenvalue weighted by molar-refractivity contribution is 6.29. The van der Waals surface area contributed by atoms with E-state index < -0.39 is 0 Å². The molecule has 1 N–H and O–H groups in total. The Bertz CT molecular complexity index is 772. The molecule has 1 aromatic carbocycles. The molecule has 4 nitrogen and oxygen atoms in total. The maximum atomic E-state index is 12.4. The van der Waals surface area contributed by atoms with E-state index in [9.17, 15) is 4.79 Å². The molecule has 3 rings (SSSR count). The van der Waals surface area contributed by atoms with Crippen LogP contribution in [-0.4, -0.2) is 17.4 Å². The van der Waals surface area contributed by atoms with Gasteiger partial charge in [0.15, 0.2) is 11.0 Å². The van der Waals surface area contributed by atoms with Gasteiger partial charge < -0.3 is 14.1 Å². The van der Waals surface area contributed by atoms with Gasteiger partial charge in [0.05, 0.1) is 12.2 Å². The number of hydrogen-bond acceptors (Lipinski definition) is 3. The fourth-order valence-corrected chi connectivity index (χ4v) is 2.26. The molecule has 5 heteroatoms. The van der Waals surface area contributed by atoms with E-state index in [0.29, 0.717) is 12.2 Å². The van der Waals surface area contributed by atoms with Crippen molar-refractivity contribution in [2.24, 2.45) is 0 Å². The molecule has 0 atom stereocenters. The molecule has 0 aliphatic rings. The van der Waals surface area contributed by atoms with E-state index >= 15 is 0 Å². The van der Waals surface area contributed by atoms with Gasteiger partial charge in [-0.25, -0.2) is 0 Å². The van der Waals surface area contributed by atoms with Crippen molar-refractivity contribution in [1.82, 2.24) is 4.98 Å². The summed E-state index contributed by atoms with van der Waals surface area (Å²) in [5.41, 5.74) is 1.40. The van der Waals surface area contributed by atoms with Crippen LogP contribution < -0.4 is 4.74 Å². The average Bonchev–Trinajstić information content (AvgIpc) is 3.04. The fourth-order valence-electron chi connectivity index (χ4n) is 2.11. The summed E-state index contributed by atoms with van der Waals surface area (Å²) in [4.78, 5) is 15.5. The van der Waals surface area contributed by atoms with Crippen LogP contribution >= 0.6 is 11.6 Å². The van der Waals surface area contributed by atoms with Gasteiger partial charge >= 0.3 is 0 Å². The molecule has 2 aromatic heterocycles. The highest BCUT2D eigenvalue weighted by Crippen LogP contribution is 2.26. The van der Waals surface area contributed by atoms with Crippen LogP contribution in [0.25, 0.3) is 10.9 Å². The Morgan fingerprint density at radius 2 is 2.20 bits per heavy atom. The molecule has 0 radical (unpaired) electrons. The van der Waals surface area contributed by atoms with Crippen molar-refractivity contribution >= 4 is 28.3 Å². The van der Waals surface area contributed by atoms with Crippen molar-refractivity contribution in [2.75, 3.05) is 6.61 Å². The standard InChI is InChI=1S/C15H12ClNO3/c1-2-19-9-3-4-12-10(7-9)11(8-17-12)15(18)13-5-6-14(16)20-13/h3-8,17H,2H2,1H3. The van der Waals surface area contributed by atoms with Crippen molar-refractivity contribution in [1.29, 1.82) is 0 Å². The van der Waals surface area contributed by atoms with Gasteiger partial charge in [-0.15, -0.1) is 0 Å². The zero-order valence-corrected chi connectivity index (χ0v) is 11.5. The molecule has 3 aromatic rings. The van der Waals surface area contributed by atoms with Crippen LogP contribution in [0.15, 0.2) is 40.9 Å². The van der Waals surface area contributed by atoms with Crippen LogP contribution in [0, 0.1) is 0 Å². The largest absolute Gasteiger partial charge is 0.494 e. The van der Waals surface area contributed by atoms with Gasteiger partial charge in [-0.2, -0.15) is 0 Å². The van der Waals surface area contributed by atoms with E-state index in [1.54, 1.807) is 18.3 Å². The van der Waals surface area contributed by atoms with Gasteiger partial charge in [0, 0.05) is 17.1 Å². The predicted molar refractivity (Wildman–Crippen MR) is 76.6 cm³/mol. The summed E-state index contributed by atoms with van der Waals surface area (Å²) in [7, 11) is 0. The second-order valence-electron chi connectivity index (χ2n) is 4.28. The molecule has 0 aliphatic heterocycles. The Morgan fingerprint density at radius 3 is 2.90 bits per heavy atom. The first kappa shape index (κ1) is 12.8. The molecule has 0 spiro atoms. The zero-order chi connectivity index (χ0) is 14.1. The number of benzene rings is 1. The zero-order valence-electron chi connectivity index (χ0n) is 10.8. The number of halogens is 1. The maximum Gasteiger partial charge on any atom is 0.230 e. The summed E-state index contributed by atoms with van der Waals surface area (Å²) in [5, 5.41) is 0.997. The second kappa shape index (κ2) is 5.06. The van der Waals surface area contributed by atoms with E-state index in [1.807, 2.05) is 25.1 Å². The van der Waals surface area contributed by atoms with Crippen molar-refractivity contribution < 1.29 is 13.9 Å². The van der Waals surface area contributed by atoms with Crippen molar-refractivity contribution in [3.63, 3.8) is 0 Å². The minimum absolute atomic E-state index is 0.197. The molecule has 0 fully saturated rings. The number of carbonyl (C=O) groups is 1. The minimum Gasteiger partial charge on any atom is -0.494 e. The summed E-state index contributed by atoms with van der Waals surface area (Å²) in [6, 6.07) is 8.70. The van der Waals surface area contributed by atoms with Gasteiger partial charge in [-0.1, -0.05) is 0 Å². The van der Waals surface area contributed by atoms with E-state index in [4.69, 9.17) is 20.8 Å². The van der Waals surface area contributed by atoms with Crippen LogP contribution in [0.1, 0.15) is 23.0 Å². The van der Waals surface area contributed by atoms with E-state index in [2.05, 4.69) is 4.98 Å². The fraction of sp³-hybridized carbons (Fsp3) is 0.133. The molecule has 0 saturated carbocycles. The molecule has 102 valence electrons. The lowest BCUT2D eigenvalue weighted by atomic mass is 10.1. The maximum absolute atomic E-state index is 12.4. The quantitative estimate of drug-likeness (QED) is 0.737. The molecule has 2 heterocycles. The first-order valence-electron chi connectivity index (χ1n) is 6.23. The Hall–Kier alpha value is -2.20. The summed E-state index contributed by atoms with van der Waals surface area (Å²) < 4.78 is 10.6. The molecule has 0 saturated heterocycles. The molecule has 0 bridgehead atoms. The number of carbonyl (C=O) groups excluding carboxylic acids is 1. The molecule has 0 amide bonds. The van der Waals surface area contributed by atoms with Crippen LogP contribution in [-0.2, 0) is 0 Å². The predicted octanol–water partition coefficient (Wildman–Crippen LogP) is 4.04. The minimum atomic E-state index is -0.211. The third-order valence-electron chi connectivity index (χ3n) is 3.01. The molecular formula is C15H12ClNO3. The SMILES string of the molecule is CCOc1ccc2[nH]cc(C(=O)c3ccc(Cl)o3)c2c1. The number of H-pyrrole nitrogens is 1. The van der Waals surface area contributed by atoms with Crippen molar-refractivity contribution in [2.45, 2.75) is 6.92 Å². The van der Waals surface area contributed by atoms with E-state index in [1.165, 1.54) is 0 Å². The van der Waals surface area contributed by atoms with Crippen molar-refractivity contribution in [3.05, 3.63) is 53.1 Å². The monoisotopic (exact) mass is 289 g/mol. The van der Waals surface area contributed by atoms with Crippen LogP contribution in [0.5, 0.6) is 5.75 Å². The first-order valence-corrected chi connectivity index (χ1v) is 6.61. The molecule has 0 unspecified atom stereocenters. The number of aromatic nitrogens is 1. The van der Waals surface area contributed by atoms with E-state index in [0.717, 1.165) is 16.7 Å². The third-order valence-corrected chi connectivity index (χ3v) is 3.21. The average molecular weight is 290 g/mol. The Balaban J connectivity index is 2.06.